The number of amidine groups is 1. The molecule has 0 saturated carbocycles. The largest absolute Gasteiger partial charge is 0.338 e. The van der Waals surface area contributed by atoms with Crippen LogP contribution in [-0.4, -0.2) is 23.7 Å². The summed E-state index contributed by atoms with van der Waals surface area (Å²) in [5, 5.41) is 5.69. The molecule has 3 aromatic rings. The topological polar surface area (TPSA) is 70.6 Å². The van der Waals surface area contributed by atoms with Crippen molar-refractivity contribution >= 4 is 33.6 Å². The van der Waals surface area contributed by atoms with Gasteiger partial charge in [0.05, 0.1) is 0 Å². The molecule has 0 spiro atoms. The zero-order valence-electron chi connectivity index (χ0n) is 15.4. The smallest absolute Gasteiger partial charge is 0.252 e. The van der Waals surface area contributed by atoms with E-state index in [1.807, 2.05) is 60.7 Å². The van der Waals surface area contributed by atoms with Crippen molar-refractivity contribution in [3.8, 4) is 0 Å². The molecule has 5 nitrogen and oxygen atoms in total. The van der Waals surface area contributed by atoms with Gasteiger partial charge in [0.2, 0.25) is 0 Å². The summed E-state index contributed by atoms with van der Waals surface area (Å²) >= 11 is 3.43. The van der Waals surface area contributed by atoms with E-state index < -0.39 is 12.1 Å². The highest BCUT2D eigenvalue weighted by molar-refractivity contribution is 9.10. The summed E-state index contributed by atoms with van der Waals surface area (Å²) in [6.45, 7) is 0. The normalized spacial score (nSPS) is 18.5. The summed E-state index contributed by atoms with van der Waals surface area (Å²) in [6, 6.07) is 24.5. The van der Waals surface area contributed by atoms with Crippen molar-refractivity contribution in [2.24, 2.45) is 4.99 Å². The zero-order chi connectivity index (χ0) is 20.2. The van der Waals surface area contributed by atoms with E-state index in [1.165, 1.54) is 0 Å². The Morgan fingerprint density at radius 1 is 0.897 bits per heavy atom. The predicted octanol–water partition coefficient (Wildman–Crippen LogP) is 3.87. The molecule has 0 saturated heterocycles. The molecule has 1 aliphatic heterocycles. The fourth-order valence-electron chi connectivity index (χ4n) is 3.21. The summed E-state index contributed by atoms with van der Waals surface area (Å²) in [5.41, 5.74) is 2.15. The minimum atomic E-state index is -0.823. The van der Waals surface area contributed by atoms with Gasteiger partial charge in [-0.3, -0.25) is 14.6 Å². The molecule has 0 radical (unpaired) electrons. The highest BCUT2D eigenvalue weighted by Gasteiger charge is 2.36. The van der Waals surface area contributed by atoms with Crippen LogP contribution in [0.15, 0.2) is 94.4 Å². The molecule has 0 bridgehead atoms. The fraction of sp³-hybridized carbons (Fsp3) is 0.0870. The average Bonchev–Trinajstić information content (AvgIpc) is 2.77. The van der Waals surface area contributed by atoms with Crippen LogP contribution in [0.1, 0.15) is 27.5 Å². The number of aliphatic imine (C=N–C) groups is 1. The van der Waals surface area contributed by atoms with Crippen LogP contribution in [0.5, 0.6) is 0 Å². The van der Waals surface area contributed by atoms with Crippen LogP contribution in [0.2, 0.25) is 0 Å². The molecular weight excluding hydrogens is 430 g/mol. The fourth-order valence-corrected chi connectivity index (χ4v) is 3.48. The van der Waals surface area contributed by atoms with Crippen molar-refractivity contribution in [2.45, 2.75) is 12.1 Å². The third kappa shape index (κ3) is 4.27. The molecule has 29 heavy (non-hydrogen) atoms. The summed E-state index contributed by atoms with van der Waals surface area (Å²) in [4.78, 5) is 30.5. The summed E-state index contributed by atoms with van der Waals surface area (Å²) in [7, 11) is 0. The number of carbonyl (C=O) groups is 2. The molecule has 6 heteroatoms. The number of nitrogens with zero attached hydrogens (tertiary/aromatic N) is 1. The van der Waals surface area contributed by atoms with Crippen molar-refractivity contribution in [2.75, 3.05) is 0 Å². The number of nitrogens with one attached hydrogen (secondary N) is 2. The molecule has 144 valence electrons. The van der Waals surface area contributed by atoms with Crippen LogP contribution in [0, 0.1) is 0 Å². The quantitative estimate of drug-likeness (QED) is 0.637. The van der Waals surface area contributed by atoms with E-state index in [9.17, 15) is 9.59 Å². The second-order valence-electron chi connectivity index (χ2n) is 6.65. The van der Waals surface area contributed by atoms with Crippen molar-refractivity contribution < 1.29 is 9.59 Å². The number of halogens is 1. The van der Waals surface area contributed by atoms with Crippen molar-refractivity contribution in [3.63, 3.8) is 0 Å². The van der Waals surface area contributed by atoms with Gasteiger partial charge >= 0.3 is 0 Å². The number of rotatable bonds is 4. The minimum Gasteiger partial charge on any atom is -0.338 e. The maximum Gasteiger partial charge on any atom is 0.252 e. The van der Waals surface area contributed by atoms with E-state index in [0.717, 1.165) is 15.6 Å². The first-order chi connectivity index (χ1) is 14.1. The van der Waals surface area contributed by atoms with Gasteiger partial charge in [0.1, 0.15) is 17.9 Å². The highest BCUT2D eigenvalue weighted by atomic mass is 79.9. The molecule has 1 heterocycles. The van der Waals surface area contributed by atoms with Gasteiger partial charge in [-0.25, -0.2) is 0 Å². The van der Waals surface area contributed by atoms with Gasteiger partial charge in [-0.15, -0.1) is 0 Å². The first-order valence-electron chi connectivity index (χ1n) is 9.17. The van der Waals surface area contributed by atoms with Gasteiger partial charge < -0.3 is 10.6 Å². The van der Waals surface area contributed by atoms with Gasteiger partial charge in [-0.1, -0.05) is 76.6 Å². The summed E-state index contributed by atoms with van der Waals surface area (Å²) in [6.07, 6.45) is 0. The van der Waals surface area contributed by atoms with Crippen molar-refractivity contribution in [1.29, 1.82) is 0 Å². The number of hydrogen-bond donors (Lipinski definition) is 2. The summed E-state index contributed by atoms with van der Waals surface area (Å²) < 4.78 is 0.929. The first-order valence-corrected chi connectivity index (χ1v) is 9.96. The monoisotopic (exact) mass is 447 g/mol. The van der Waals surface area contributed by atoms with Gasteiger partial charge in [0, 0.05) is 15.6 Å². The third-order valence-electron chi connectivity index (χ3n) is 4.69. The van der Waals surface area contributed by atoms with Crippen LogP contribution >= 0.6 is 15.9 Å². The Balaban J connectivity index is 1.71. The van der Waals surface area contributed by atoms with E-state index in [-0.39, 0.29) is 11.8 Å². The molecule has 4 rings (SSSR count). The van der Waals surface area contributed by atoms with E-state index in [1.54, 1.807) is 24.3 Å². The van der Waals surface area contributed by atoms with Gasteiger partial charge in [0.25, 0.3) is 11.8 Å². The number of carbonyl (C=O) groups excluding carboxylic acids is 2. The van der Waals surface area contributed by atoms with Crippen LogP contribution < -0.4 is 10.6 Å². The van der Waals surface area contributed by atoms with Gasteiger partial charge in [-0.2, -0.15) is 0 Å². The standard InChI is InChI=1S/C23H18BrN3O2/c24-18-13-11-15(12-14-18)19-20(26-22(28)17-9-5-2-6-10-17)23(29)27-21(25-19)16-7-3-1-4-8-16/h1-14,19-20H,(H,26,28)(H,25,27,29)/t19-,20-/m0/s1. The summed E-state index contributed by atoms with van der Waals surface area (Å²) in [5.74, 6) is -0.115. The Bertz CT molecular complexity index is 1050. The lowest BCUT2D eigenvalue weighted by Gasteiger charge is -2.30. The van der Waals surface area contributed by atoms with Crippen LogP contribution in [-0.2, 0) is 4.79 Å². The van der Waals surface area contributed by atoms with Crippen LogP contribution in [0.4, 0.5) is 0 Å². The Kier molecular flexibility index (Phi) is 5.53. The third-order valence-corrected chi connectivity index (χ3v) is 5.22. The Hall–Kier alpha value is -3.25. The number of hydrogen-bond acceptors (Lipinski definition) is 3. The van der Waals surface area contributed by atoms with E-state index >= 15 is 0 Å². The molecule has 2 atom stereocenters. The SMILES string of the molecule is O=C(N[C@@H]1C(=O)NC(c2ccccc2)=N[C@H]1c1ccc(Br)cc1)c1ccccc1. The first kappa shape index (κ1) is 19.1. The van der Waals surface area contributed by atoms with E-state index in [4.69, 9.17) is 4.99 Å². The lowest BCUT2D eigenvalue weighted by atomic mass is 9.96. The zero-order valence-corrected chi connectivity index (χ0v) is 17.0. The molecule has 3 aromatic carbocycles. The van der Waals surface area contributed by atoms with Crippen LogP contribution in [0.25, 0.3) is 0 Å². The molecule has 2 N–H and O–H groups in total. The lowest BCUT2D eigenvalue weighted by Crippen LogP contribution is -2.54. The molecule has 0 aromatic heterocycles. The molecule has 1 aliphatic rings. The molecule has 2 amide bonds. The number of amides is 2. The lowest BCUT2D eigenvalue weighted by molar-refractivity contribution is -0.122. The minimum absolute atomic E-state index is 0.295. The maximum absolute atomic E-state index is 13.0. The predicted molar refractivity (Wildman–Crippen MR) is 116 cm³/mol. The molecular formula is C23H18BrN3O2. The second-order valence-corrected chi connectivity index (χ2v) is 7.56. The Labute approximate surface area is 177 Å². The molecule has 0 unspecified atom stereocenters. The van der Waals surface area contributed by atoms with Crippen molar-refractivity contribution in [1.82, 2.24) is 10.6 Å². The van der Waals surface area contributed by atoms with Crippen molar-refractivity contribution in [3.05, 3.63) is 106 Å². The van der Waals surface area contributed by atoms with Crippen LogP contribution in [0.3, 0.4) is 0 Å². The molecule has 0 fully saturated rings. The Morgan fingerprint density at radius 2 is 1.52 bits per heavy atom. The van der Waals surface area contributed by atoms with E-state index in [0.29, 0.717) is 11.4 Å². The Morgan fingerprint density at radius 3 is 2.17 bits per heavy atom. The van der Waals surface area contributed by atoms with Gasteiger partial charge in [-0.05, 0) is 29.8 Å². The average molecular weight is 448 g/mol. The van der Waals surface area contributed by atoms with Gasteiger partial charge in [0.15, 0.2) is 0 Å². The second kappa shape index (κ2) is 8.41. The maximum atomic E-state index is 13.0. The highest BCUT2D eigenvalue weighted by Crippen LogP contribution is 2.27. The van der Waals surface area contributed by atoms with E-state index in [2.05, 4.69) is 26.6 Å². The molecule has 0 aliphatic carbocycles. The number of benzene rings is 3.